The molecule has 3 rings (SSSR count). The van der Waals surface area contributed by atoms with E-state index in [-0.39, 0.29) is 0 Å². The van der Waals surface area contributed by atoms with E-state index in [1.54, 1.807) is 0 Å². The Labute approximate surface area is 110 Å². The van der Waals surface area contributed by atoms with Crippen LogP contribution in [0, 0.1) is 5.92 Å². The molecule has 2 nitrogen and oxygen atoms in total. The van der Waals surface area contributed by atoms with Crippen LogP contribution in [0.1, 0.15) is 43.4 Å². The molecule has 98 valence electrons. The molecule has 0 radical (unpaired) electrons. The Balaban J connectivity index is 1.60. The van der Waals surface area contributed by atoms with Gasteiger partial charge in [-0.05, 0) is 49.3 Å². The van der Waals surface area contributed by atoms with Crippen LogP contribution >= 0.6 is 0 Å². The minimum Gasteiger partial charge on any atom is -0.312 e. The van der Waals surface area contributed by atoms with E-state index in [1.165, 1.54) is 36.8 Å². The van der Waals surface area contributed by atoms with E-state index in [4.69, 9.17) is 0 Å². The van der Waals surface area contributed by atoms with Crippen LogP contribution in [0.15, 0.2) is 24.3 Å². The fourth-order valence-corrected chi connectivity index (χ4v) is 3.45. The number of hydrogen-bond acceptors (Lipinski definition) is 2. The van der Waals surface area contributed by atoms with E-state index < -0.39 is 0 Å². The van der Waals surface area contributed by atoms with E-state index in [0.29, 0.717) is 6.04 Å². The summed E-state index contributed by atoms with van der Waals surface area (Å²) in [5.41, 5.74) is 3.03. The maximum absolute atomic E-state index is 3.76. The summed E-state index contributed by atoms with van der Waals surface area (Å²) in [5.74, 6) is 0.911. The van der Waals surface area contributed by atoms with Gasteiger partial charge in [0.25, 0.3) is 0 Å². The van der Waals surface area contributed by atoms with Gasteiger partial charge in [-0.3, -0.25) is 0 Å². The van der Waals surface area contributed by atoms with Gasteiger partial charge in [0.05, 0.1) is 0 Å². The molecular weight excluding hydrogens is 220 g/mol. The van der Waals surface area contributed by atoms with Crippen molar-refractivity contribution < 1.29 is 0 Å². The van der Waals surface area contributed by atoms with E-state index in [0.717, 1.165) is 25.0 Å². The van der Waals surface area contributed by atoms with Crippen LogP contribution in [0.3, 0.4) is 0 Å². The van der Waals surface area contributed by atoms with Crippen molar-refractivity contribution in [2.75, 3.05) is 13.1 Å². The minimum atomic E-state index is 0.505. The van der Waals surface area contributed by atoms with Crippen molar-refractivity contribution in [3.05, 3.63) is 35.4 Å². The van der Waals surface area contributed by atoms with Gasteiger partial charge in [0.2, 0.25) is 0 Å². The molecule has 18 heavy (non-hydrogen) atoms. The van der Waals surface area contributed by atoms with Crippen molar-refractivity contribution in [1.29, 1.82) is 0 Å². The predicted octanol–water partition coefficient (Wildman–Crippen LogP) is 2.65. The maximum Gasteiger partial charge on any atom is 0.0449 e. The topological polar surface area (TPSA) is 24.1 Å². The summed E-state index contributed by atoms with van der Waals surface area (Å²) in [6.45, 7) is 4.56. The zero-order valence-electron chi connectivity index (χ0n) is 11.3. The molecule has 3 unspecified atom stereocenters. The van der Waals surface area contributed by atoms with Crippen LogP contribution in [-0.4, -0.2) is 19.1 Å². The van der Waals surface area contributed by atoms with Gasteiger partial charge in [-0.2, -0.15) is 0 Å². The maximum atomic E-state index is 3.76. The Morgan fingerprint density at radius 2 is 2.17 bits per heavy atom. The SMILES string of the molecule is CC1CCC(NCC2NCCc3ccccc32)C1. The Bertz CT molecular complexity index is 402. The van der Waals surface area contributed by atoms with E-state index in [9.17, 15) is 0 Å². The van der Waals surface area contributed by atoms with Gasteiger partial charge < -0.3 is 10.6 Å². The Hall–Kier alpha value is -0.860. The molecule has 0 spiro atoms. The van der Waals surface area contributed by atoms with E-state index in [1.807, 2.05) is 0 Å². The first-order valence-corrected chi connectivity index (χ1v) is 7.37. The molecule has 3 atom stereocenters. The third-order valence-corrected chi connectivity index (χ3v) is 4.52. The third kappa shape index (κ3) is 2.60. The van der Waals surface area contributed by atoms with Gasteiger partial charge in [-0.25, -0.2) is 0 Å². The molecule has 0 amide bonds. The smallest absolute Gasteiger partial charge is 0.0449 e. The number of fused-ring (bicyclic) bond motifs is 1. The molecule has 0 aromatic heterocycles. The first-order valence-electron chi connectivity index (χ1n) is 7.37. The van der Waals surface area contributed by atoms with Crippen molar-refractivity contribution >= 4 is 0 Å². The van der Waals surface area contributed by atoms with Crippen molar-refractivity contribution in [1.82, 2.24) is 10.6 Å². The molecule has 1 aromatic rings. The quantitative estimate of drug-likeness (QED) is 0.854. The van der Waals surface area contributed by atoms with Crippen molar-refractivity contribution in [3.8, 4) is 0 Å². The van der Waals surface area contributed by atoms with Crippen LogP contribution in [0.25, 0.3) is 0 Å². The molecular formula is C16H24N2. The van der Waals surface area contributed by atoms with Crippen LogP contribution < -0.4 is 10.6 Å². The fraction of sp³-hybridized carbons (Fsp3) is 0.625. The largest absolute Gasteiger partial charge is 0.312 e. The van der Waals surface area contributed by atoms with Crippen LogP contribution in [0.2, 0.25) is 0 Å². The first-order chi connectivity index (χ1) is 8.83. The summed E-state index contributed by atoms with van der Waals surface area (Å²) >= 11 is 0. The number of nitrogens with one attached hydrogen (secondary N) is 2. The molecule has 2 heteroatoms. The van der Waals surface area contributed by atoms with Gasteiger partial charge in [0.1, 0.15) is 0 Å². The highest BCUT2D eigenvalue weighted by atomic mass is 15.0. The second kappa shape index (κ2) is 5.41. The molecule has 2 aliphatic rings. The highest BCUT2D eigenvalue weighted by Crippen LogP contribution is 2.26. The van der Waals surface area contributed by atoms with Crippen molar-refractivity contribution in [3.63, 3.8) is 0 Å². The molecule has 1 aliphatic carbocycles. The number of rotatable bonds is 3. The van der Waals surface area contributed by atoms with Gasteiger partial charge in [0, 0.05) is 18.6 Å². The van der Waals surface area contributed by atoms with Crippen LogP contribution in [0.4, 0.5) is 0 Å². The van der Waals surface area contributed by atoms with Crippen molar-refractivity contribution in [2.45, 2.75) is 44.7 Å². The molecule has 1 aromatic carbocycles. The molecule has 1 heterocycles. The average Bonchev–Trinajstić information content (AvgIpc) is 2.82. The molecule has 1 saturated carbocycles. The number of hydrogen-bond donors (Lipinski definition) is 2. The summed E-state index contributed by atoms with van der Waals surface area (Å²) in [6.07, 6.45) is 5.28. The Morgan fingerprint density at radius 3 is 3.00 bits per heavy atom. The van der Waals surface area contributed by atoms with Crippen molar-refractivity contribution in [2.24, 2.45) is 5.92 Å². The molecule has 2 N–H and O–H groups in total. The zero-order valence-corrected chi connectivity index (χ0v) is 11.3. The Kier molecular flexibility index (Phi) is 3.67. The summed E-state index contributed by atoms with van der Waals surface area (Å²) in [5, 5.41) is 7.41. The zero-order chi connectivity index (χ0) is 12.4. The lowest BCUT2D eigenvalue weighted by molar-refractivity contribution is 0.422. The molecule has 1 aliphatic heterocycles. The van der Waals surface area contributed by atoms with E-state index >= 15 is 0 Å². The molecule has 0 saturated heterocycles. The second-order valence-corrected chi connectivity index (χ2v) is 5.98. The highest BCUT2D eigenvalue weighted by molar-refractivity contribution is 5.32. The number of benzene rings is 1. The summed E-state index contributed by atoms with van der Waals surface area (Å²) < 4.78 is 0. The summed E-state index contributed by atoms with van der Waals surface area (Å²) in [4.78, 5) is 0. The third-order valence-electron chi connectivity index (χ3n) is 4.52. The lowest BCUT2D eigenvalue weighted by Crippen LogP contribution is -2.39. The predicted molar refractivity (Wildman–Crippen MR) is 75.7 cm³/mol. The van der Waals surface area contributed by atoms with Gasteiger partial charge in [0.15, 0.2) is 0 Å². The minimum absolute atomic E-state index is 0.505. The normalized spacial score (nSPS) is 31.3. The molecule has 0 bridgehead atoms. The second-order valence-electron chi connectivity index (χ2n) is 5.98. The lowest BCUT2D eigenvalue weighted by atomic mass is 9.94. The average molecular weight is 244 g/mol. The molecule has 1 fully saturated rings. The lowest BCUT2D eigenvalue weighted by Gasteiger charge is -2.28. The van der Waals surface area contributed by atoms with E-state index in [2.05, 4.69) is 41.8 Å². The van der Waals surface area contributed by atoms with Crippen LogP contribution in [0.5, 0.6) is 0 Å². The highest BCUT2D eigenvalue weighted by Gasteiger charge is 2.23. The summed E-state index contributed by atoms with van der Waals surface area (Å²) in [7, 11) is 0. The fourth-order valence-electron chi connectivity index (χ4n) is 3.45. The first kappa shape index (κ1) is 12.2. The van der Waals surface area contributed by atoms with Gasteiger partial charge in [-0.15, -0.1) is 0 Å². The van der Waals surface area contributed by atoms with Gasteiger partial charge >= 0.3 is 0 Å². The monoisotopic (exact) mass is 244 g/mol. The Morgan fingerprint density at radius 1 is 1.28 bits per heavy atom. The van der Waals surface area contributed by atoms with Gasteiger partial charge in [-0.1, -0.05) is 31.2 Å². The standard InChI is InChI=1S/C16H24N2/c1-12-6-7-14(10-12)18-11-16-15-5-3-2-4-13(15)8-9-17-16/h2-5,12,14,16-18H,6-11H2,1H3. The summed E-state index contributed by atoms with van der Waals surface area (Å²) in [6, 6.07) is 10.1. The van der Waals surface area contributed by atoms with Crippen LogP contribution in [-0.2, 0) is 6.42 Å².